The van der Waals surface area contributed by atoms with E-state index in [0.29, 0.717) is 5.69 Å². The molecular formula is C27H28F2N4O2. The molecule has 0 aliphatic heterocycles. The highest BCUT2D eigenvalue weighted by atomic mass is 19.3. The molecule has 1 aromatic heterocycles. The molecule has 35 heavy (non-hydrogen) atoms. The van der Waals surface area contributed by atoms with Crippen LogP contribution in [-0.4, -0.2) is 22.5 Å². The van der Waals surface area contributed by atoms with Crippen LogP contribution in [-0.2, 0) is 21.9 Å². The molecule has 0 fully saturated rings. The maximum absolute atomic E-state index is 14.0. The first-order valence-electron chi connectivity index (χ1n) is 11.4. The van der Waals surface area contributed by atoms with Gasteiger partial charge in [0.15, 0.2) is 5.92 Å². The SMILES string of the molecule is CCc1cccnc1-c1cccc(NC(=O)C(C(C)=N)C(=O)Nc2cccc(C(F)(F)CC)c2)c1. The predicted molar refractivity (Wildman–Crippen MR) is 134 cm³/mol. The number of aryl methyl sites for hydroxylation is 1. The smallest absolute Gasteiger partial charge is 0.273 e. The molecule has 0 radical (unpaired) electrons. The number of halogens is 2. The third-order valence-corrected chi connectivity index (χ3v) is 5.63. The third-order valence-electron chi connectivity index (χ3n) is 5.63. The lowest BCUT2D eigenvalue weighted by Gasteiger charge is -2.18. The van der Waals surface area contributed by atoms with Crippen molar-refractivity contribution >= 4 is 28.9 Å². The van der Waals surface area contributed by atoms with Crippen molar-refractivity contribution in [1.82, 2.24) is 4.98 Å². The van der Waals surface area contributed by atoms with Gasteiger partial charge in [0.05, 0.1) is 5.69 Å². The van der Waals surface area contributed by atoms with Crippen LogP contribution in [0.2, 0.25) is 0 Å². The van der Waals surface area contributed by atoms with Gasteiger partial charge in [0.25, 0.3) is 5.92 Å². The van der Waals surface area contributed by atoms with Crippen LogP contribution in [0.4, 0.5) is 20.2 Å². The highest BCUT2D eigenvalue weighted by Crippen LogP contribution is 2.32. The van der Waals surface area contributed by atoms with E-state index in [0.717, 1.165) is 23.2 Å². The van der Waals surface area contributed by atoms with Crippen LogP contribution in [0.1, 0.15) is 38.3 Å². The summed E-state index contributed by atoms with van der Waals surface area (Å²) >= 11 is 0. The molecule has 0 spiro atoms. The second kappa shape index (κ2) is 11.0. The van der Waals surface area contributed by atoms with Gasteiger partial charge in [0.2, 0.25) is 11.8 Å². The van der Waals surface area contributed by atoms with Gasteiger partial charge in [0.1, 0.15) is 0 Å². The van der Waals surface area contributed by atoms with Gasteiger partial charge in [-0.15, -0.1) is 0 Å². The number of hydrogen-bond acceptors (Lipinski definition) is 4. The Morgan fingerprint density at radius 1 is 0.971 bits per heavy atom. The fourth-order valence-corrected chi connectivity index (χ4v) is 3.70. The van der Waals surface area contributed by atoms with Gasteiger partial charge in [-0.05, 0) is 49.2 Å². The number of alkyl halides is 2. The number of carbonyl (C=O) groups excluding carboxylic acids is 2. The number of rotatable bonds is 9. The number of amides is 2. The van der Waals surface area contributed by atoms with E-state index < -0.39 is 23.7 Å². The first-order chi connectivity index (χ1) is 16.7. The molecular weight excluding hydrogens is 450 g/mol. The Labute approximate surface area is 203 Å². The Balaban J connectivity index is 1.79. The normalized spacial score (nSPS) is 12.0. The molecule has 3 aromatic rings. The highest BCUT2D eigenvalue weighted by molar-refractivity contribution is 6.24. The van der Waals surface area contributed by atoms with E-state index in [-0.39, 0.29) is 23.4 Å². The first kappa shape index (κ1) is 25.7. The van der Waals surface area contributed by atoms with Crippen molar-refractivity contribution in [2.75, 3.05) is 10.6 Å². The molecule has 1 heterocycles. The molecule has 3 N–H and O–H groups in total. The zero-order valence-electron chi connectivity index (χ0n) is 19.9. The average Bonchev–Trinajstić information content (AvgIpc) is 2.84. The van der Waals surface area contributed by atoms with Crippen molar-refractivity contribution in [3.63, 3.8) is 0 Å². The average molecular weight is 479 g/mol. The van der Waals surface area contributed by atoms with Crippen molar-refractivity contribution in [1.29, 1.82) is 5.41 Å². The van der Waals surface area contributed by atoms with Crippen LogP contribution in [0.25, 0.3) is 11.3 Å². The molecule has 1 unspecified atom stereocenters. The summed E-state index contributed by atoms with van der Waals surface area (Å²) in [7, 11) is 0. The van der Waals surface area contributed by atoms with Crippen molar-refractivity contribution in [2.45, 2.75) is 39.5 Å². The molecule has 8 heteroatoms. The number of aromatic nitrogens is 1. The Kier molecular flexibility index (Phi) is 8.06. The van der Waals surface area contributed by atoms with Gasteiger partial charge < -0.3 is 16.0 Å². The molecule has 2 aromatic carbocycles. The van der Waals surface area contributed by atoms with Gasteiger partial charge in [-0.3, -0.25) is 14.6 Å². The Hall–Kier alpha value is -3.94. The Bertz CT molecular complexity index is 1240. The Morgan fingerprint density at radius 2 is 1.60 bits per heavy atom. The molecule has 3 rings (SSSR count). The summed E-state index contributed by atoms with van der Waals surface area (Å²) < 4.78 is 28.1. The molecule has 0 saturated carbocycles. The fourth-order valence-electron chi connectivity index (χ4n) is 3.70. The van der Waals surface area contributed by atoms with E-state index in [9.17, 15) is 18.4 Å². The molecule has 0 aliphatic rings. The van der Waals surface area contributed by atoms with Gasteiger partial charge in [-0.1, -0.05) is 44.2 Å². The van der Waals surface area contributed by atoms with E-state index >= 15 is 0 Å². The maximum Gasteiger partial charge on any atom is 0.273 e. The zero-order valence-corrected chi connectivity index (χ0v) is 19.9. The van der Waals surface area contributed by atoms with Crippen LogP contribution in [0, 0.1) is 11.3 Å². The molecule has 2 amide bonds. The summed E-state index contributed by atoms with van der Waals surface area (Å²) in [4.78, 5) is 30.3. The maximum atomic E-state index is 14.0. The minimum absolute atomic E-state index is 0.129. The summed E-state index contributed by atoms with van der Waals surface area (Å²) in [5.74, 6) is -5.94. The van der Waals surface area contributed by atoms with Crippen LogP contribution in [0.15, 0.2) is 66.9 Å². The number of nitrogens with one attached hydrogen (secondary N) is 3. The lowest BCUT2D eigenvalue weighted by atomic mass is 10.0. The molecule has 0 bridgehead atoms. The summed E-state index contributed by atoms with van der Waals surface area (Å²) in [6.45, 7) is 4.75. The monoisotopic (exact) mass is 478 g/mol. The fraction of sp³-hybridized carbons (Fsp3) is 0.259. The highest BCUT2D eigenvalue weighted by Gasteiger charge is 2.31. The van der Waals surface area contributed by atoms with Crippen LogP contribution in [0.5, 0.6) is 0 Å². The second-order valence-corrected chi connectivity index (χ2v) is 8.18. The lowest BCUT2D eigenvalue weighted by Crippen LogP contribution is -2.38. The number of nitrogens with zero attached hydrogens (tertiary/aromatic N) is 1. The Morgan fingerprint density at radius 3 is 2.20 bits per heavy atom. The largest absolute Gasteiger partial charge is 0.325 e. The van der Waals surface area contributed by atoms with E-state index in [2.05, 4.69) is 15.6 Å². The summed E-state index contributed by atoms with van der Waals surface area (Å²) in [6, 6.07) is 16.3. The van der Waals surface area contributed by atoms with E-state index in [1.807, 2.05) is 25.1 Å². The van der Waals surface area contributed by atoms with E-state index in [4.69, 9.17) is 5.41 Å². The predicted octanol–water partition coefficient (Wildman–Crippen LogP) is 6.05. The number of carbonyl (C=O) groups is 2. The molecule has 0 saturated heterocycles. The van der Waals surface area contributed by atoms with Gasteiger partial charge >= 0.3 is 0 Å². The molecule has 6 nitrogen and oxygen atoms in total. The number of pyridine rings is 1. The van der Waals surface area contributed by atoms with Crippen molar-refractivity contribution in [2.24, 2.45) is 5.92 Å². The molecule has 1 atom stereocenters. The van der Waals surface area contributed by atoms with Crippen molar-refractivity contribution in [3.8, 4) is 11.3 Å². The topological polar surface area (TPSA) is 94.9 Å². The zero-order chi connectivity index (χ0) is 25.6. The summed E-state index contributed by atoms with van der Waals surface area (Å²) in [5, 5.41) is 13.2. The number of anilines is 2. The van der Waals surface area contributed by atoms with Crippen molar-refractivity contribution in [3.05, 3.63) is 78.0 Å². The summed E-state index contributed by atoms with van der Waals surface area (Å²) in [6.07, 6.45) is 2.11. The quantitative estimate of drug-likeness (QED) is 0.258. The van der Waals surface area contributed by atoms with Gasteiger partial charge in [-0.25, -0.2) is 8.78 Å². The van der Waals surface area contributed by atoms with Crippen molar-refractivity contribution < 1.29 is 18.4 Å². The van der Waals surface area contributed by atoms with Gasteiger partial charge in [-0.2, -0.15) is 0 Å². The number of hydrogen-bond donors (Lipinski definition) is 3. The second-order valence-electron chi connectivity index (χ2n) is 8.18. The molecule has 0 aliphatic carbocycles. The first-order valence-corrected chi connectivity index (χ1v) is 11.4. The van der Waals surface area contributed by atoms with E-state index in [1.54, 1.807) is 24.4 Å². The third kappa shape index (κ3) is 6.15. The lowest BCUT2D eigenvalue weighted by molar-refractivity contribution is -0.126. The minimum atomic E-state index is -3.04. The molecule has 182 valence electrons. The van der Waals surface area contributed by atoms with Crippen LogP contribution < -0.4 is 10.6 Å². The summed E-state index contributed by atoms with van der Waals surface area (Å²) in [5.41, 5.74) is 2.83. The van der Waals surface area contributed by atoms with E-state index in [1.165, 1.54) is 38.1 Å². The van der Waals surface area contributed by atoms with Crippen LogP contribution >= 0.6 is 0 Å². The van der Waals surface area contributed by atoms with Crippen LogP contribution in [0.3, 0.4) is 0 Å². The minimum Gasteiger partial charge on any atom is -0.325 e. The van der Waals surface area contributed by atoms with Gasteiger partial charge in [0, 0.05) is 40.8 Å². The number of benzene rings is 2. The standard InChI is InChI=1S/C27H28F2N4O2/c1-4-18-10-8-14-31-24(18)19-9-6-12-21(15-19)32-25(34)23(17(3)30)26(35)33-22-13-7-11-20(16-22)27(28,29)5-2/h6-16,23,30H,4-5H2,1-3H3,(H,32,34)(H,33,35).